The van der Waals surface area contributed by atoms with Crippen molar-refractivity contribution in [1.29, 1.82) is 0 Å². The summed E-state index contributed by atoms with van der Waals surface area (Å²) < 4.78 is 6.05. The molecule has 0 radical (unpaired) electrons. The molecule has 1 saturated carbocycles. The van der Waals surface area contributed by atoms with Crippen LogP contribution in [0, 0.1) is 12.8 Å². The summed E-state index contributed by atoms with van der Waals surface area (Å²) >= 11 is 6.07. The number of rotatable bonds is 2. The highest BCUT2D eigenvalue weighted by Gasteiger charge is 2.41. The van der Waals surface area contributed by atoms with Crippen LogP contribution in [0.15, 0.2) is 18.2 Å². The molecule has 2 unspecified atom stereocenters. The third-order valence-electron chi connectivity index (χ3n) is 5.02. The van der Waals surface area contributed by atoms with E-state index in [9.17, 15) is 5.11 Å². The van der Waals surface area contributed by atoms with Crippen molar-refractivity contribution in [2.45, 2.75) is 57.2 Å². The predicted molar refractivity (Wildman–Crippen MR) is 81.0 cm³/mol. The van der Waals surface area contributed by atoms with Crippen molar-refractivity contribution in [2.24, 2.45) is 5.92 Å². The molecule has 0 bridgehead atoms. The van der Waals surface area contributed by atoms with Gasteiger partial charge in [0.1, 0.15) is 0 Å². The molecule has 2 fully saturated rings. The topological polar surface area (TPSA) is 29.5 Å². The van der Waals surface area contributed by atoms with Crippen LogP contribution in [-0.4, -0.2) is 17.3 Å². The summed E-state index contributed by atoms with van der Waals surface area (Å²) in [7, 11) is 0. The molecule has 0 amide bonds. The monoisotopic (exact) mass is 294 g/mol. The Morgan fingerprint density at radius 1 is 1.35 bits per heavy atom. The quantitative estimate of drug-likeness (QED) is 0.875. The number of ether oxygens (including phenoxy) is 1. The molecule has 1 aliphatic heterocycles. The molecule has 1 aliphatic carbocycles. The summed E-state index contributed by atoms with van der Waals surface area (Å²) in [6.45, 7) is 2.77. The average Bonchev–Trinajstić information content (AvgIpc) is 2.89. The first-order valence-electron chi connectivity index (χ1n) is 7.68. The maximum atomic E-state index is 10.7. The molecule has 2 nitrogen and oxygen atoms in total. The van der Waals surface area contributed by atoms with E-state index < -0.39 is 6.10 Å². The fourth-order valence-corrected chi connectivity index (χ4v) is 3.94. The second-order valence-corrected chi connectivity index (χ2v) is 6.85. The maximum Gasteiger partial charge on any atom is 0.0820 e. The van der Waals surface area contributed by atoms with Crippen LogP contribution in [0.25, 0.3) is 0 Å². The molecule has 1 spiro atoms. The van der Waals surface area contributed by atoms with Gasteiger partial charge in [0.15, 0.2) is 0 Å². The van der Waals surface area contributed by atoms with Crippen molar-refractivity contribution in [2.75, 3.05) is 6.61 Å². The molecular formula is C17H23ClO2. The van der Waals surface area contributed by atoms with Crippen LogP contribution < -0.4 is 0 Å². The minimum atomic E-state index is -0.396. The highest BCUT2D eigenvalue weighted by molar-refractivity contribution is 6.31. The SMILES string of the molecule is Cc1cc(C(O)C2CCOC3(CCCC3)C2)ccc1Cl. The van der Waals surface area contributed by atoms with E-state index in [-0.39, 0.29) is 5.60 Å². The van der Waals surface area contributed by atoms with Crippen LogP contribution in [0.3, 0.4) is 0 Å². The zero-order valence-electron chi connectivity index (χ0n) is 12.1. The first-order chi connectivity index (χ1) is 9.60. The molecule has 110 valence electrons. The highest BCUT2D eigenvalue weighted by Crippen LogP contribution is 2.45. The largest absolute Gasteiger partial charge is 0.388 e. The van der Waals surface area contributed by atoms with Crippen molar-refractivity contribution in [3.8, 4) is 0 Å². The first-order valence-corrected chi connectivity index (χ1v) is 8.06. The van der Waals surface area contributed by atoms with Crippen LogP contribution in [0.1, 0.15) is 55.8 Å². The first kappa shape index (κ1) is 14.4. The molecule has 1 aromatic rings. The van der Waals surface area contributed by atoms with E-state index in [0.29, 0.717) is 5.92 Å². The van der Waals surface area contributed by atoms with Crippen molar-refractivity contribution in [1.82, 2.24) is 0 Å². The number of aryl methyl sites for hydroxylation is 1. The Morgan fingerprint density at radius 3 is 2.80 bits per heavy atom. The van der Waals surface area contributed by atoms with Gasteiger partial charge in [0, 0.05) is 11.6 Å². The Labute approximate surface area is 126 Å². The van der Waals surface area contributed by atoms with Crippen LogP contribution in [0.4, 0.5) is 0 Å². The molecule has 2 atom stereocenters. The smallest absolute Gasteiger partial charge is 0.0820 e. The summed E-state index contributed by atoms with van der Waals surface area (Å²) in [4.78, 5) is 0. The second kappa shape index (κ2) is 5.67. The van der Waals surface area contributed by atoms with Gasteiger partial charge in [-0.3, -0.25) is 0 Å². The zero-order valence-corrected chi connectivity index (χ0v) is 12.8. The number of halogens is 1. The third-order valence-corrected chi connectivity index (χ3v) is 5.44. The Balaban J connectivity index is 1.75. The van der Waals surface area contributed by atoms with Gasteiger partial charge >= 0.3 is 0 Å². The van der Waals surface area contributed by atoms with E-state index in [1.807, 2.05) is 25.1 Å². The highest BCUT2D eigenvalue weighted by atomic mass is 35.5. The summed E-state index contributed by atoms with van der Waals surface area (Å²) in [6, 6.07) is 5.86. The van der Waals surface area contributed by atoms with E-state index >= 15 is 0 Å². The van der Waals surface area contributed by atoms with Crippen LogP contribution >= 0.6 is 11.6 Å². The minimum Gasteiger partial charge on any atom is -0.388 e. The van der Waals surface area contributed by atoms with E-state index in [1.54, 1.807) is 0 Å². The molecule has 3 heteroatoms. The maximum absolute atomic E-state index is 10.7. The van der Waals surface area contributed by atoms with Gasteiger partial charge < -0.3 is 9.84 Å². The Morgan fingerprint density at radius 2 is 2.10 bits per heavy atom. The number of benzene rings is 1. The van der Waals surface area contributed by atoms with Crippen LogP contribution in [-0.2, 0) is 4.74 Å². The lowest BCUT2D eigenvalue weighted by Gasteiger charge is -2.40. The van der Waals surface area contributed by atoms with Crippen molar-refractivity contribution < 1.29 is 9.84 Å². The number of aliphatic hydroxyl groups excluding tert-OH is 1. The molecule has 2 aliphatic rings. The second-order valence-electron chi connectivity index (χ2n) is 6.44. The fraction of sp³-hybridized carbons (Fsp3) is 0.647. The molecule has 0 aromatic heterocycles. The molecule has 1 heterocycles. The lowest BCUT2D eigenvalue weighted by Crippen LogP contribution is -2.39. The van der Waals surface area contributed by atoms with E-state index in [4.69, 9.17) is 16.3 Å². The van der Waals surface area contributed by atoms with Gasteiger partial charge in [-0.2, -0.15) is 0 Å². The summed E-state index contributed by atoms with van der Waals surface area (Å²) in [6.07, 6.45) is 6.41. The van der Waals surface area contributed by atoms with Gasteiger partial charge in [0.05, 0.1) is 11.7 Å². The Hall–Kier alpha value is -0.570. The van der Waals surface area contributed by atoms with Gasteiger partial charge in [-0.25, -0.2) is 0 Å². The fourth-order valence-electron chi connectivity index (χ4n) is 3.83. The zero-order chi connectivity index (χ0) is 14.2. The van der Waals surface area contributed by atoms with Gasteiger partial charge in [0.2, 0.25) is 0 Å². The summed E-state index contributed by atoms with van der Waals surface area (Å²) in [5, 5.41) is 11.5. The van der Waals surface area contributed by atoms with Gasteiger partial charge in [-0.15, -0.1) is 0 Å². The third kappa shape index (κ3) is 2.74. The Kier molecular flexibility index (Phi) is 4.07. The Bertz CT molecular complexity index is 480. The number of hydrogen-bond acceptors (Lipinski definition) is 2. The lowest BCUT2D eigenvalue weighted by molar-refractivity contribution is -0.113. The normalized spacial score (nSPS) is 26.9. The van der Waals surface area contributed by atoms with Crippen molar-refractivity contribution >= 4 is 11.6 Å². The van der Waals surface area contributed by atoms with Crippen molar-refractivity contribution in [3.63, 3.8) is 0 Å². The predicted octanol–water partition coefficient (Wildman–Crippen LogP) is 4.42. The van der Waals surface area contributed by atoms with E-state index in [1.165, 1.54) is 12.8 Å². The minimum absolute atomic E-state index is 0.0609. The lowest BCUT2D eigenvalue weighted by atomic mass is 9.79. The van der Waals surface area contributed by atoms with E-state index in [2.05, 4.69) is 0 Å². The number of aliphatic hydroxyl groups is 1. The molecule has 1 aromatic carbocycles. The molecular weight excluding hydrogens is 272 g/mol. The average molecular weight is 295 g/mol. The van der Waals surface area contributed by atoms with Gasteiger partial charge in [0.25, 0.3) is 0 Å². The van der Waals surface area contributed by atoms with Crippen molar-refractivity contribution in [3.05, 3.63) is 34.3 Å². The molecule has 1 saturated heterocycles. The molecule has 1 N–H and O–H groups in total. The van der Waals surface area contributed by atoms with E-state index in [0.717, 1.165) is 48.4 Å². The van der Waals surface area contributed by atoms with Gasteiger partial charge in [-0.1, -0.05) is 36.6 Å². The number of hydrogen-bond donors (Lipinski definition) is 1. The van der Waals surface area contributed by atoms with Gasteiger partial charge in [-0.05, 0) is 55.7 Å². The molecule has 3 rings (SSSR count). The van der Waals surface area contributed by atoms with Crippen LogP contribution in [0.5, 0.6) is 0 Å². The molecule has 20 heavy (non-hydrogen) atoms. The summed E-state index contributed by atoms with van der Waals surface area (Å²) in [5.74, 6) is 0.308. The summed E-state index contributed by atoms with van der Waals surface area (Å²) in [5.41, 5.74) is 2.09. The standard InChI is InChI=1S/C17H23ClO2/c1-12-10-13(4-5-15(12)18)16(19)14-6-9-20-17(11-14)7-2-3-8-17/h4-5,10,14,16,19H,2-3,6-9,11H2,1H3. The van der Waals surface area contributed by atoms with Crippen LogP contribution in [0.2, 0.25) is 5.02 Å².